The number of nitrogens with one attached hydrogen (secondary N) is 4. The molecule has 1 fully saturated rings. The molecule has 0 saturated heterocycles. The number of pyridine rings is 2. The predicted molar refractivity (Wildman–Crippen MR) is 137 cm³/mol. The van der Waals surface area contributed by atoms with E-state index in [4.69, 9.17) is 0 Å². The van der Waals surface area contributed by atoms with Crippen molar-refractivity contribution in [2.75, 3.05) is 23.8 Å². The van der Waals surface area contributed by atoms with Crippen LogP contribution in [-0.2, 0) is 18.4 Å². The number of carbonyl (C=O) groups excluding carboxylic acids is 1. The van der Waals surface area contributed by atoms with Crippen LogP contribution in [0.25, 0.3) is 0 Å². The van der Waals surface area contributed by atoms with Gasteiger partial charge in [-0.05, 0) is 61.2 Å². The molecule has 2 aromatic heterocycles. The van der Waals surface area contributed by atoms with Crippen LogP contribution in [-0.4, -0.2) is 40.2 Å². The van der Waals surface area contributed by atoms with Crippen molar-refractivity contribution in [1.29, 1.82) is 0 Å². The van der Waals surface area contributed by atoms with Crippen molar-refractivity contribution in [2.24, 2.45) is 0 Å². The highest BCUT2D eigenvalue weighted by atomic mass is 16.3. The highest BCUT2D eigenvalue weighted by molar-refractivity contribution is 6.00. The highest BCUT2D eigenvalue weighted by Gasteiger charge is 2.26. The second-order valence-electron chi connectivity index (χ2n) is 9.99. The topological polar surface area (TPSA) is 111 Å². The van der Waals surface area contributed by atoms with Gasteiger partial charge in [0.1, 0.15) is 5.82 Å². The van der Waals surface area contributed by atoms with E-state index in [0.717, 1.165) is 49.4 Å². The largest absolute Gasteiger partial charge is 0.395 e. The van der Waals surface area contributed by atoms with E-state index in [0.29, 0.717) is 17.1 Å². The average Bonchev–Trinajstić information content (AvgIpc) is 3.68. The van der Waals surface area contributed by atoms with E-state index in [2.05, 4.69) is 49.4 Å². The number of nitrogens with zero attached hydrogens (tertiary/aromatic N) is 2. The summed E-state index contributed by atoms with van der Waals surface area (Å²) in [5.41, 5.74) is 5.85. The standard InChI is InChI=1S/C27H32N6O2/c1-27(2,16-34)24-12-21(8-10-29-24)31-23-13-25(30-15-22(23)26(35)33-19-5-6-19)32-20-4-3-18-14-28-9-7-17(18)11-20/h3-4,8,10-13,15,19,28,34H,5-7,9,14,16H2,1-2H3,(H,33,35)(H2,29,30,31,32). The van der Waals surface area contributed by atoms with Crippen molar-refractivity contribution < 1.29 is 9.90 Å². The molecule has 0 radical (unpaired) electrons. The van der Waals surface area contributed by atoms with E-state index in [1.54, 1.807) is 12.4 Å². The third kappa shape index (κ3) is 5.44. The van der Waals surface area contributed by atoms with Gasteiger partial charge < -0.3 is 26.4 Å². The highest BCUT2D eigenvalue weighted by Crippen LogP contribution is 2.29. The summed E-state index contributed by atoms with van der Waals surface area (Å²) in [5, 5.41) is 23.0. The molecule has 1 aliphatic heterocycles. The number of rotatable bonds is 8. The smallest absolute Gasteiger partial charge is 0.255 e. The van der Waals surface area contributed by atoms with Crippen LogP contribution in [0.1, 0.15) is 53.9 Å². The lowest BCUT2D eigenvalue weighted by atomic mass is 9.90. The van der Waals surface area contributed by atoms with E-state index in [1.807, 2.05) is 32.0 Å². The van der Waals surface area contributed by atoms with Gasteiger partial charge in [0.15, 0.2) is 0 Å². The van der Waals surface area contributed by atoms with Gasteiger partial charge >= 0.3 is 0 Å². The summed E-state index contributed by atoms with van der Waals surface area (Å²) in [6, 6.07) is 12.2. The fourth-order valence-electron chi connectivity index (χ4n) is 4.12. The molecule has 182 valence electrons. The van der Waals surface area contributed by atoms with E-state index in [-0.39, 0.29) is 18.6 Å². The minimum atomic E-state index is -0.475. The van der Waals surface area contributed by atoms with Gasteiger partial charge in [-0.25, -0.2) is 4.98 Å². The van der Waals surface area contributed by atoms with E-state index >= 15 is 0 Å². The number of hydrogen-bond acceptors (Lipinski definition) is 7. The van der Waals surface area contributed by atoms with Gasteiger partial charge in [-0.3, -0.25) is 9.78 Å². The van der Waals surface area contributed by atoms with Crippen LogP contribution in [0.3, 0.4) is 0 Å². The minimum Gasteiger partial charge on any atom is -0.395 e. The van der Waals surface area contributed by atoms with E-state index in [9.17, 15) is 9.90 Å². The molecule has 2 aliphatic rings. The maximum absolute atomic E-state index is 12.9. The zero-order valence-electron chi connectivity index (χ0n) is 20.2. The first kappa shape index (κ1) is 23.3. The molecule has 8 nitrogen and oxygen atoms in total. The normalized spacial score (nSPS) is 15.3. The fraction of sp³-hybridized carbons (Fsp3) is 0.370. The number of aromatic nitrogens is 2. The van der Waals surface area contributed by atoms with Crippen molar-refractivity contribution in [3.8, 4) is 0 Å². The Labute approximate surface area is 205 Å². The van der Waals surface area contributed by atoms with Crippen molar-refractivity contribution >= 4 is 28.8 Å². The maximum atomic E-state index is 12.9. The molecule has 3 aromatic rings. The quantitative estimate of drug-likeness (QED) is 0.339. The molecular weight excluding hydrogens is 440 g/mol. The lowest BCUT2D eigenvalue weighted by Gasteiger charge is -2.22. The summed E-state index contributed by atoms with van der Waals surface area (Å²) in [4.78, 5) is 21.9. The summed E-state index contributed by atoms with van der Waals surface area (Å²) in [7, 11) is 0. The minimum absolute atomic E-state index is 0.0152. The summed E-state index contributed by atoms with van der Waals surface area (Å²) >= 11 is 0. The lowest BCUT2D eigenvalue weighted by Crippen LogP contribution is -2.26. The van der Waals surface area contributed by atoms with Crippen LogP contribution in [0.4, 0.5) is 22.9 Å². The predicted octanol–water partition coefficient (Wildman–Crippen LogP) is 3.77. The van der Waals surface area contributed by atoms with Gasteiger partial charge in [0, 0.05) is 47.8 Å². The Balaban J connectivity index is 1.44. The second-order valence-corrected chi connectivity index (χ2v) is 9.99. The SMILES string of the molecule is CC(C)(CO)c1cc(Nc2cc(Nc3ccc4c(c3)CCNC4)ncc2C(=O)NC2CC2)ccn1. The third-order valence-electron chi connectivity index (χ3n) is 6.55. The average molecular weight is 473 g/mol. The number of anilines is 4. The van der Waals surface area contributed by atoms with Gasteiger partial charge in [-0.2, -0.15) is 0 Å². The van der Waals surface area contributed by atoms with Crippen LogP contribution in [0.5, 0.6) is 0 Å². The van der Waals surface area contributed by atoms with Gasteiger partial charge in [0.2, 0.25) is 0 Å². The molecule has 1 saturated carbocycles. The van der Waals surface area contributed by atoms with Crippen LogP contribution in [0.15, 0.2) is 48.8 Å². The number of hydrogen-bond donors (Lipinski definition) is 5. The molecule has 5 rings (SSSR count). The van der Waals surface area contributed by atoms with Crippen LogP contribution in [0, 0.1) is 0 Å². The van der Waals surface area contributed by atoms with E-state index < -0.39 is 5.41 Å². The zero-order valence-corrected chi connectivity index (χ0v) is 20.2. The molecule has 0 unspecified atom stereocenters. The van der Waals surface area contributed by atoms with Gasteiger partial charge in [0.05, 0.1) is 23.6 Å². The number of carbonyl (C=O) groups is 1. The summed E-state index contributed by atoms with van der Waals surface area (Å²) in [6.45, 7) is 5.74. The molecule has 3 heterocycles. The monoisotopic (exact) mass is 472 g/mol. The first-order valence-corrected chi connectivity index (χ1v) is 12.2. The molecule has 0 atom stereocenters. The summed E-state index contributed by atoms with van der Waals surface area (Å²) in [6.07, 6.45) is 6.35. The first-order valence-electron chi connectivity index (χ1n) is 12.2. The molecule has 0 bridgehead atoms. The molecule has 1 aliphatic carbocycles. The van der Waals surface area contributed by atoms with Crippen molar-refractivity contribution in [3.63, 3.8) is 0 Å². The number of aliphatic hydroxyl groups excluding tert-OH is 1. The Kier molecular flexibility index (Phi) is 6.40. The van der Waals surface area contributed by atoms with Crippen molar-refractivity contribution in [3.05, 3.63) is 71.2 Å². The van der Waals surface area contributed by atoms with Crippen LogP contribution < -0.4 is 21.3 Å². The van der Waals surface area contributed by atoms with Gasteiger partial charge in [0.25, 0.3) is 5.91 Å². The summed E-state index contributed by atoms with van der Waals surface area (Å²) in [5.74, 6) is 0.509. The zero-order chi connectivity index (χ0) is 24.4. The number of benzene rings is 1. The van der Waals surface area contributed by atoms with E-state index in [1.165, 1.54) is 11.1 Å². The van der Waals surface area contributed by atoms with Crippen molar-refractivity contribution in [2.45, 2.75) is 51.1 Å². The lowest BCUT2D eigenvalue weighted by molar-refractivity contribution is 0.0951. The van der Waals surface area contributed by atoms with Gasteiger partial charge in [-0.1, -0.05) is 19.9 Å². The Hall–Kier alpha value is -3.49. The molecule has 5 N–H and O–H groups in total. The number of amides is 1. The maximum Gasteiger partial charge on any atom is 0.255 e. The number of fused-ring (bicyclic) bond motifs is 1. The Bertz CT molecular complexity index is 1240. The molecule has 8 heteroatoms. The first-order chi connectivity index (χ1) is 16.9. The molecular formula is C27H32N6O2. The molecule has 1 aromatic carbocycles. The second kappa shape index (κ2) is 9.64. The third-order valence-corrected chi connectivity index (χ3v) is 6.55. The van der Waals surface area contributed by atoms with Crippen LogP contribution >= 0.6 is 0 Å². The Morgan fingerprint density at radius 3 is 2.71 bits per heavy atom. The molecule has 1 amide bonds. The van der Waals surface area contributed by atoms with Crippen molar-refractivity contribution in [1.82, 2.24) is 20.6 Å². The molecule has 35 heavy (non-hydrogen) atoms. The fourth-order valence-corrected chi connectivity index (χ4v) is 4.12. The molecule has 0 spiro atoms. The van der Waals surface area contributed by atoms with Crippen LogP contribution in [0.2, 0.25) is 0 Å². The number of aliphatic hydroxyl groups is 1. The summed E-state index contributed by atoms with van der Waals surface area (Å²) < 4.78 is 0. The van der Waals surface area contributed by atoms with Gasteiger partial charge in [-0.15, -0.1) is 0 Å². The Morgan fingerprint density at radius 1 is 1.09 bits per heavy atom. The Morgan fingerprint density at radius 2 is 1.91 bits per heavy atom.